The maximum absolute atomic E-state index is 12.1. The second-order valence-electron chi connectivity index (χ2n) is 5.50. The normalized spacial score (nSPS) is 15.8. The molecule has 1 fully saturated rings. The van der Waals surface area contributed by atoms with Crippen LogP contribution in [0.4, 0.5) is 5.69 Å². The number of anilines is 1. The van der Waals surface area contributed by atoms with Crippen molar-refractivity contribution in [2.45, 2.75) is 38.5 Å². The van der Waals surface area contributed by atoms with E-state index in [0.717, 1.165) is 18.9 Å². The molecule has 0 atom stereocenters. The molecule has 0 saturated heterocycles. The van der Waals surface area contributed by atoms with E-state index in [1.165, 1.54) is 32.1 Å². The Hall–Kier alpha value is -1.71. The number of hydrogen-bond donors (Lipinski definition) is 2. The average molecular weight is 276 g/mol. The third-order valence-electron chi connectivity index (χ3n) is 4.07. The highest BCUT2D eigenvalue weighted by molar-refractivity contribution is 5.99. The van der Waals surface area contributed by atoms with E-state index in [2.05, 4.69) is 5.32 Å². The van der Waals surface area contributed by atoms with Gasteiger partial charge in [-0.3, -0.25) is 4.79 Å². The van der Waals surface area contributed by atoms with Crippen molar-refractivity contribution in [1.82, 2.24) is 5.32 Å². The minimum absolute atomic E-state index is 0.0963. The summed E-state index contributed by atoms with van der Waals surface area (Å²) in [4.78, 5) is 12.1. The molecule has 1 amide bonds. The van der Waals surface area contributed by atoms with Crippen molar-refractivity contribution in [1.29, 1.82) is 0 Å². The Balaban J connectivity index is 1.82. The number of amides is 1. The van der Waals surface area contributed by atoms with Crippen LogP contribution in [-0.4, -0.2) is 19.6 Å². The van der Waals surface area contributed by atoms with Crippen molar-refractivity contribution in [2.24, 2.45) is 5.92 Å². The van der Waals surface area contributed by atoms with Crippen LogP contribution in [-0.2, 0) is 0 Å². The van der Waals surface area contributed by atoms with Crippen LogP contribution in [0.1, 0.15) is 48.9 Å². The number of carbonyl (C=O) groups is 1. The van der Waals surface area contributed by atoms with E-state index in [1.54, 1.807) is 25.3 Å². The fourth-order valence-electron chi connectivity index (χ4n) is 2.84. The highest BCUT2D eigenvalue weighted by Gasteiger charge is 2.14. The monoisotopic (exact) mass is 276 g/mol. The Morgan fingerprint density at radius 3 is 2.75 bits per heavy atom. The first kappa shape index (κ1) is 14.7. The first-order valence-corrected chi connectivity index (χ1v) is 7.42. The zero-order chi connectivity index (χ0) is 14.4. The van der Waals surface area contributed by atoms with Crippen LogP contribution in [0.15, 0.2) is 18.2 Å². The summed E-state index contributed by atoms with van der Waals surface area (Å²) >= 11 is 0. The van der Waals surface area contributed by atoms with Crippen LogP contribution >= 0.6 is 0 Å². The number of benzene rings is 1. The number of hydrogen-bond acceptors (Lipinski definition) is 3. The molecule has 0 aliphatic heterocycles. The molecule has 0 spiro atoms. The van der Waals surface area contributed by atoms with Gasteiger partial charge in [0.15, 0.2) is 0 Å². The number of rotatable bonds is 5. The van der Waals surface area contributed by atoms with Gasteiger partial charge >= 0.3 is 0 Å². The summed E-state index contributed by atoms with van der Waals surface area (Å²) in [5.41, 5.74) is 6.85. The molecule has 4 heteroatoms. The lowest BCUT2D eigenvalue weighted by atomic mass is 9.87. The molecule has 3 N–H and O–H groups in total. The zero-order valence-corrected chi connectivity index (χ0v) is 12.2. The topological polar surface area (TPSA) is 64.3 Å². The summed E-state index contributed by atoms with van der Waals surface area (Å²) < 4.78 is 5.08. The lowest BCUT2D eigenvalue weighted by Crippen LogP contribution is -2.27. The molecule has 0 radical (unpaired) electrons. The highest BCUT2D eigenvalue weighted by atomic mass is 16.5. The van der Waals surface area contributed by atoms with E-state index in [1.807, 2.05) is 0 Å². The van der Waals surface area contributed by atoms with E-state index in [9.17, 15) is 4.79 Å². The molecule has 1 aliphatic carbocycles. The van der Waals surface area contributed by atoms with Gasteiger partial charge in [-0.2, -0.15) is 0 Å². The van der Waals surface area contributed by atoms with Crippen LogP contribution < -0.4 is 15.8 Å². The van der Waals surface area contributed by atoms with E-state index in [-0.39, 0.29) is 5.91 Å². The number of ether oxygens (including phenoxy) is 1. The van der Waals surface area contributed by atoms with Gasteiger partial charge in [0.2, 0.25) is 0 Å². The Labute approximate surface area is 120 Å². The van der Waals surface area contributed by atoms with E-state index < -0.39 is 0 Å². The predicted molar refractivity (Wildman–Crippen MR) is 80.9 cm³/mol. The van der Waals surface area contributed by atoms with Crippen molar-refractivity contribution in [3.8, 4) is 5.75 Å². The molecule has 1 saturated carbocycles. The van der Waals surface area contributed by atoms with Gasteiger partial charge in [0, 0.05) is 18.3 Å². The number of carbonyl (C=O) groups excluding carboxylic acids is 1. The van der Waals surface area contributed by atoms with Gasteiger partial charge in [-0.15, -0.1) is 0 Å². The van der Waals surface area contributed by atoms with Crippen LogP contribution in [0.25, 0.3) is 0 Å². The summed E-state index contributed by atoms with van der Waals surface area (Å²) in [5.74, 6) is 1.35. The fraction of sp³-hybridized carbons (Fsp3) is 0.562. The van der Waals surface area contributed by atoms with E-state index in [0.29, 0.717) is 17.0 Å². The van der Waals surface area contributed by atoms with Gasteiger partial charge in [0.25, 0.3) is 5.91 Å². The molecular formula is C16H24N2O2. The summed E-state index contributed by atoms with van der Waals surface area (Å²) in [7, 11) is 1.58. The molecule has 110 valence electrons. The maximum Gasteiger partial charge on any atom is 0.253 e. The Morgan fingerprint density at radius 2 is 2.10 bits per heavy atom. The largest absolute Gasteiger partial charge is 0.497 e. The lowest BCUT2D eigenvalue weighted by molar-refractivity contribution is 0.0951. The fourth-order valence-corrected chi connectivity index (χ4v) is 2.84. The molecule has 0 heterocycles. The lowest BCUT2D eigenvalue weighted by Gasteiger charge is -2.21. The maximum atomic E-state index is 12.1. The van der Waals surface area contributed by atoms with Crippen molar-refractivity contribution >= 4 is 11.6 Å². The van der Waals surface area contributed by atoms with Crippen molar-refractivity contribution in [3.05, 3.63) is 23.8 Å². The zero-order valence-electron chi connectivity index (χ0n) is 12.2. The SMILES string of the molecule is COc1ccc(C(=O)NCCC2CCCCC2)c(N)c1. The van der Waals surface area contributed by atoms with Gasteiger partial charge < -0.3 is 15.8 Å². The van der Waals surface area contributed by atoms with Gasteiger partial charge in [0.05, 0.1) is 12.7 Å². The Morgan fingerprint density at radius 1 is 1.35 bits per heavy atom. The van der Waals surface area contributed by atoms with E-state index in [4.69, 9.17) is 10.5 Å². The third kappa shape index (κ3) is 3.89. The summed E-state index contributed by atoms with van der Waals surface area (Å²) in [6, 6.07) is 5.15. The Bertz CT molecular complexity index is 454. The molecule has 1 aliphatic rings. The van der Waals surface area contributed by atoms with Crippen molar-refractivity contribution in [3.63, 3.8) is 0 Å². The van der Waals surface area contributed by atoms with Gasteiger partial charge in [0.1, 0.15) is 5.75 Å². The minimum atomic E-state index is -0.0963. The van der Waals surface area contributed by atoms with Crippen molar-refractivity contribution < 1.29 is 9.53 Å². The van der Waals surface area contributed by atoms with Crippen molar-refractivity contribution in [2.75, 3.05) is 19.4 Å². The van der Waals surface area contributed by atoms with Gasteiger partial charge in [-0.25, -0.2) is 0 Å². The Kier molecular flexibility index (Phi) is 5.27. The van der Waals surface area contributed by atoms with Crippen LogP contribution in [0.2, 0.25) is 0 Å². The molecule has 1 aromatic carbocycles. The molecule has 0 unspecified atom stereocenters. The highest BCUT2D eigenvalue weighted by Crippen LogP contribution is 2.26. The molecule has 20 heavy (non-hydrogen) atoms. The molecule has 1 aromatic rings. The van der Waals surface area contributed by atoms with Crippen LogP contribution in [0.3, 0.4) is 0 Å². The molecule has 4 nitrogen and oxygen atoms in total. The minimum Gasteiger partial charge on any atom is -0.497 e. The molecular weight excluding hydrogens is 252 g/mol. The van der Waals surface area contributed by atoms with Crippen LogP contribution in [0.5, 0.6) is 5.75 Å². The number of methoxy groups -OCH3 is 1. The molecule has 0 bridgehead atoms. The van der Waals surface area contributed by atoms with E-state index >= 15 is 0 Å². The van der Waals surface area contributed by atoms with Gasteiger partial charge in [-0.05, 0) is 24.5 Å². The number of nitrogens with one attached hydrogen (secondary N) is 1. The summed E-state index contributed by atoms with van der Waals surface area (Å²) in [6.45, 7) is 0.731. The smallest absolute Gasteiger partial charge is 0.253 e. The summed E-state index contributed by atoms with van der Waals surface area (Å²) in [5, 5.41) is 2.96. The molecule has 0 aromatic heterocycles. The van der Waals surface area contributed by atoms with Gasteiger partial charge in [-0.1, -0.05) is 32.1 Å². The first-order valence-electron chi connectivity index (χ1n) is 7.42. The average Bonchev–Trinajstić information content (AvgIpc) is 2.48. The standard InChI is InChI=1S/C16H24N2O2/c1-20-13-7-8-14(15(17)11-13)16(19)18-10-9-12-5-3-2-4-6-12/h7-8,11-12H,2-6,9-10,17H2,1H3,(H,18,19). The number of nitrogen functional groups attached to an aromatic ring is 1. The second-order valence-corrected chi connectivity index (χ2v) is 5.50. The second kappa shape index (κ2) is 7.17. The summed E-state index contributed by atoms with van der Waals surface area (Å²) in [6.07, 6.45) is 7.72. The number of nitrogens with two attached hydrogens (primary N) is 1. The van der Waals surface area contributed by atoms with Crippen LogP contribution in [0, 0.1) is 5.92 Å². The quantitative estimate of drug-likeness (QED) is 0.813. The third-order valence-corrected chi connectivity index (χ3v) is 4.07. The molecule has 2 rings (SSSR count). The first-order chi connectivity index (χ1) is 9.70. The predicted octanol–water partition coefficient (Wildman–Crippen LogP) is 2.98.